The molecule has 0 aliphatic carbocycles. The van der Waals surface area contributed by atoms with Crippen molar-refractivity contribution in [3.8, 4) is 0 Å². The summed E-state index contributed by atoms with van der Waals surface area (Å²) in [5, 5.41) is 0. The molecule has 1 aliphatic rings. The van der Waals surface area contributed by atoms with Gasteiger partial charge in [0.05, 0.1) is 18.1 Å². The van der Waals surface area contributed by atoms with E-state index in [1.54, 1.807) is 13.0 Å². The molecule has 3 heteroatoms. The first kappa shape index (κ1) is 13.2. The van der Waals surface area contributed by atoms with Gasteiger partial charge in [-0.25, -0.2) is 4.39 Å². The van der Waals surface area contributed by atoms with Gasteiger partial charge in [0.25, 0.3) is 0 Å². The molecule has 0 aromatic heterocycles. The quantitative estimate of drug-likeness (QED) is 0.752. The van der Waals surface area contributed by atoms with Crippen LogP contribution in [0.5, 0.6) is 0 Å². The molecule has 0 N–H and O–H groups in total. The minimum Gasteiger partial charge on any atom is -0.374 e. The normalized spacial score (nSPS) is 31.6. The molecule has 1 aliphatic heterocycles. The van der Waals surface area contributed by atoms with Crippen molar-refractivity contribution in [1.29, 1.82) is 0 Å². The Morgan fingerprint density at radius 2 is 1.89 bits per heavy atom. The standard InChI is InChI=1S/C15H19FO2/c1-8-7-12(16)5-6-13(8)15(17)14-9(2)10(3)18-11(14)4/h5-7,9-11,14H,1-4H3. The van der Waals surface area contributed by atoms with Crippen molar-refractivity contribution in [2.75, 3.05) is 0 Å². The van der Waals surface area contributed by atoms with E-state index in [-0.39, 0.29) is 35.6 Å². The predicted molar refractivity (Wildman–Crippen MR) is 68.1 cm³/mol. The highest BCUT2D eigenvalue weighted by Crippen LogP contribution is 2.35. The highest BCUT2D eigenvalue weighted by molar-refractivity contribution is 5.99. The Bertz CT molecular complexity index is 470. The zero-order valence-electron chi connectivity index (χ0n) is 11.2. The van der Waals surface area contributed by atoms with E-state index in [9.17, 15) is 9.18 Å². The molecule has 4 atom stereocenters. The number of ketones is 1. The first-order valence-corrected chi connectivity index (χ1v) is 6.37. The van der Waals surface area contributed by atoms with Crippen molar-refractivity contribution in [3.63, 3.8) is 0 Å². The Labute approximate surface area is 107 Å². The van der Waals surface area contributed by atoms with Crippen molar-refractivity contribution >= 4 is 5.78 Å². The maximum atomic E-state index is 13.1. The number of carbonyl (C=O) groups is 1. The zero-order valence-corrected chi connectivity index (χ0v) is 11.2. The number of ether oxygens (including phenoxy) is 1. The minimum atomic E-state index is -0.304. The lowest BCUT2D eigenvalue weighted by atomic mass is 9.82. The summed E-state index contributed by atoms with van der Waals surface area (Å²) in [6.45, 7) is 7.73. The van der Waals surface area contributed by atoms with E-state index in [2.05, 4.69) is 0 Å². The van der Waals surface area contributed by atoms with Gasteiger partial charge in [-0.05, 0) is 50.5 Å². The van der Waals surface area contributed by atoms with Gasteiger partial charge in [0.15, 0.2) is 5.78 Å². The number of benzene rings is 1. The van der Waals surface area contributed by atoms with Crippen LogP contribution in [0.2, 0.25) is 0 Å². The second-order valence-electron chi connectivity index (χ2n) is 5.25. The Kier molecular flexibility index (Phi) is 3.53. The minimum absolute atomic E-state index is 0.0665. The Morgan fingerprint density at radius 1 is 1.22 bits per heavy atom. The van der Waals surface area contributed by atoms with E-state index in [1.165, 1.54) is 12.1 Å². The van der Waals surface area contributed by atoms with Gasteiger partial charge in [-0.1, -0.05) is 6.92 Å². The van der Waals surface area contributed by atoms with E-state index in [0.29, 0.717) is 11.1 Å². The van der Waals surface area contributed by atoms with Gasteiger partial charge in [0, 0.05) is 5.56 Å². The van der Waals surface area contributed by atoms with Crippen LogP contribution in [0, 0.1) is 24.6 Å². The molecule has 4 unspecified atom stereocenters. The van der Waals surface area contributed by atoms with Gasteiger partial charge in [0.2, 0.25) is 0 Å². The fraction of sp³-hybridized carbons (Fsp3) is 0.533. The number of rotatable bonds is 2. The van der Waals surface area contributed by atoms with Gasteiger partial charge in [-0.2, -0.15) is 0 Å². The number of halogens is 1. The molecule has 98 valence electrons. The highest BCUT2D eigenvalue weighted by atomic mass is 19.1. The van der Waals surface area contributed by atoms with Gasteiger partial charge in [-0.3, -0.25) is 4.79 Å². The van der Waals surface area contributed by atoms with Crippen molar-refractivity contribution in [1.82, 2.24) is 0 Å². The predicted octanol–water partition coefficient (Wildman–Crippen LogP) is 3.38. The van der Waals surface area contributed by atoms with Crippen molar-refractivity contribution in [2.45, 2.75) is 39.9 Å². The number of Topliss-reactive ketones (excluding diaryl/α,β-unsaturated/α-hetero) is 1. The summed E-state index contributed by atoms with van der Waals surface area (Å²) in [5.74, 6) is -0.181. The average molecular weight is 250 g/mol. The molecule has 18 heavy (non-hydrogen) atoms. The Balaban J connectivity index is 2.31. The second kappa shape index (κ2) is 4.81. The number of hydrogen-bond acceptors (Lipinski definition) is 2. The smallest absolute Gasteiger partial charge is 0.169 e. The maximum absolute atomic E-state index is 13.1. The SMILES string of the molecule is Cc1cc(F)ccc1C(=O)C1C(C)OC(C)C1C. The molecule has 1 heterocycles. The van der Waals surface area contributed by atoms with E-state index in [1.807, 2.05) is 20.8 Å². The summed E-state index contributed by atoms with van der Waals surface area (Å²) >= 11 is 0. The second-order valence-corrected chi connectivity index (χ2v) is 5.25. The number of carbonyl (C=O) groups excluding carboxylic acids is 1. The summed E-state index contributed by atoms with van der Waals surface area (Å²) in [7, 11) is 0. The Morgan fingerprint density at radius 3 is 2.39 bits per heavy atom. The highest BCUT2D eigenvalue weighted by Gasteiger charge is 2.41. The zero-order chi connectivity index (χ0) is 13.4. The van der Waals surface area contributed by atoms with Crippen LogP contribution in [-0.4, -0.2) is 18.0 Å². The third-order valence-corrected chi connectivity index (χ3v) is 4.00. The summed E-state index contributed by atoms with van der Waals surface area (Å²) in [4.78, 5) is 12.5. The van der Waals surface area contributed by atoms with Crippen LogP contribution < -0.4 is 0 Å². The van der Waals surface area contributed by atoms with Gasteiger partial charge < -0.3 is 4.74 Å². The van der Waals surface area contributed by atoms with E-state index in [0.717, 1.165) is 0 Å². The van der Waals surface area contributed by atoms with E-state index < -0.39 is 0 Å². The molecular formula is C15H19FO2. The van der Waals surface area contributed by atoms with Crippen LogP contribution in [0.15, 0.2) is 18.2 Å². The average Bonchev–Trinajstić information content (AvgIpc) is 2.52. The topological polar surface area (TPSA) is 26.3 Å². The molecule has 2 rings (SSSR count). The summed E-state index contributed by atoms with van der Waals surface area (Å²) in [6, 6.07) is 4.33. The molecule has 0 spiro atoms. The van der Waals surface area contributed by atoms with E-state index in [4.69, 9.17) is 4.74 Å². The number of hydrogen-bond donors (Lipinski definition) is 0. The molecule has 0 amide bonds. The lowest BCUT2D eigenvalue weighted by Gasteiger charge is -2.18. The number of aryl methyl sites for hydroxylation is 1. The van der Waals surface area contributed by atoms with Crippen LogP contribution in [0.25, 0.3) is 0 Å². The monoisotopic (exact) mass is 250 g/mol. The molecule has 0 radical (unpaired) electrons. The van der Waals surface area contributed by atoms with Gasteiger partial charge in [0.1, 0.15) is 5.82 Å². The largest absolute Gasteiger partial charge is 0.374 e. The van der Waals surface area contributed by atoms with E-state index >= 15 is 0 Å². The van der Waals surface area contributed by atoms with Gasteiger partial charge in [-0.15, -0.1) is 0 Å². The third kappa shape index (κ3) is 2.19. The maximum Gasteiger partial charge on any atom is 0.169 e. The summed E-state index contributed by atoms with van der Waals surface area (Å²) in [6.07, 6.45) is 0.0154. The van der Waals surface area contributed by atoms with Crippen LogP contribution in [0.3, 0.4) is 0 Å². The van der Waals surface area contributed by atoms with Crippen molar-refractivity contribution in [2.24, 2.45) is 11.8 Å². The first-order valence-electron chi connectivity index (χ1n) is 6.37. The molecule has 0 saturated carbocycles. The molecule has 1 aromatic carbocycles. The summed E-state index contributed by atoms with van der Waals surface area (Å²) in [5.41, 5.74) is 1.30. The lowest BCUT2D eigenvalue weighted by molar-refractivity contribution is 0.0491. The summed E-state index contributed by atoms with van der Waals surface area (Å²) < 4.78 is 18.8. The van der Waals surface area contributed by atoms with Crippen molar-refractivity contribution < 1.29 is 13.9 Å². The van der Waals surface area contributed by atoms with Crippen molar-refractivity contribution in [3.05, 3.63) is 35.1 Å². The molecular weight excluding hydrogens is 231 g/mol. The molecule has 2 nitrogen and oxygen atoms in total. The Hall–Kier alpha value is -1.22. The molecule has 1 saturated heterocycles. The lowest BCUT2D eigenvalue weighted by Crippen LogP contribution is -2.27. The molecule has 0 bridgehead atoms. The third-order valence-electron chi connectivity index (χ3n) is 4.00. The van der Waals surface area contributed by atoms with Crippen LogP contribution in [-0.2, 0) is 4.74 Å². The fourth-order valence-electron chi connectivity index (χ4n) is 2.80. The van der Waals surface area contributed by atoms with Crippen LogP contribution in [0.1, 0.15) is 36.7 Å². The van der Waals surface area contributed by atoms with Crippen LogP contribution in [0.4, 0.5) is 4.39 Å². The fourth-order valence-corrected chi connectivity index (χ4v) is 2.80. The molecule has 1 aromatic rings. The molecule has 1 fully saturated rings. The van der Waals surface area contributed by atoms with Gasteiger partial charge >= 0.3 is 0 Å². The first-order chi connectivity index (χ1) is 8.41. The van der Waals surface area contributed by atoms with Crippen LogP contribution >= 0.6 is 0 Å².